The number of pyridine rings is 1. The van der Waals surface area contributed by atoms with Gasteiger partial charge in [-0.2, -0.15) is 13.2 Å². The number of alkyl halides is 3. The molecule has 1 amide bonds. The van der Waals surface area contributed by atoms with Crippen molar-refractivity contribution >= 4 is 28.7 Å². The first-order valence-corrected chi connectivity index (χ1v) is 10.8. The summed E-state index contributed by atoms with van der Waals surface area (Å²) in [6.45, 7) is 0.0631. The van der Waals surface area contributed by atoms with E-state index in [1.165, 1.54) is 41.8 Å². The summed E-state index contributed by atoms with van der Waals surface area (Å²) < 4.78 is 75.7. The Morgan fingerprint density at radius 2 is 1.86 bits per heavy atom. The van der Waals surface area contributed by atoms with Gasteiger partial charge in [-0.1, -0.05) is 23.7 Å². The fraction of sp³-hybridized carbons (Fsp3) is 0.167. The number of nitrogens with zero attached hydrogens (tertiary/aromatic N) is 3. The molecule has 0 N–H and O–H groups in total. The standard InChI is InChI=1S/C24H15ClF5N3O2/c25-21-20(23(34)32-7-4-13(5-8-32)19-17(26)2-1-3-18(19)27)31-22-16(24(28,29)30)10-15(11-33(21)22)14-6-9-35-12-14/h1-4,6,9-12H,5,7-8H2. The molecule has 4 heterocycles. The molecule has 11 heteroatoms. The first-order chi connectivity index (χ1) is 16.6. The van der Waals surface area contributed by atoms with Gasteiger partial charge in [0.15, 0.2) is 11.3 Å². The van der Waals surface area contributed by atoms with E-state index in [0.29, 0.717) is 11.1 Å². The smallest absolute Gasteiger partial charge is 0.420 e. The van der Waals surface area contributed by atoms with E-state index in [-0.39, 0.29) is 41.5 Å². The molecule has 0 spiro atoms. The molecule has 35 heavy (non-hydrogen) atoms. The van der Waals surface area contributed by atoms with Gasteiger partial charge in [0.2, 0.25) is 0 Å². The van der Waals surface area contributed by atoms with Crippen LogP contribution in [0.4, 0.5) is 22.0 Å². The highest BCUT2D eigenvalue weighted by molar-refractivity contribution is 6.33. The molecule has 0 fully saturated rings. The van der Waals surface area contributed by atoms with Crippen molar-refractivity contribution in [2.75, 3.05) is 13.1 Å². The number of hydrogen-bond donors (Lipinski definition) is 0. The van der Waals surface area contributed by atoms with Crippen LogP contribution in [0, 0.1) is 11.6 Å². The van der Waals surface area contributed by atoms with Crippen molar-refractivity contribution in [3.8, 4) is 11.1 Å². The molecule has 1 aliphatic heterocycles. The van der Waals surface area contributed by atoms with Gasteiger partial charge in [0.1, 0.15) is 16.8 Å². The van der Waals surface area contributed by atoms with Crippen molar-refractivity contribution in [2.24, 2.45) is 0 Å². The van der Waals surface area contributed by atoms with Gasteiger partial charge in [0.05, 0.1) is 18.1 Å². The molecule has 5 rings (SSSR count). The van der Waals surface area contributed by atoms with Gasteiger partial charge in [-0.3, -0.25) is 9.20 Å². The number of benzene rings is 1. The third-order valence-electron chi connectivity index (χ3n) is 5.80. The van der Waals surface area contributed by atoms with Crippen LogP contribution in [0.1, 0.15) is 28.0 Å². The molecular weight excluding hydrogens is 493 g/mol. The number of fused-ring (bicyclic) bond motifs is 1. The molecule has 0 atom stereocenters. The minimum absolute atomic E-state index is 0.0153. The molecule has 5 nitrogen and oxygen atoms in total. The Bertz CT molecular complexity index is 1450. The molecule has 180 valence electrons. The maximum Gasteiger partial charge on any atom is 0.420 e. The minimum atomic E-state index is -4.76. The lowest BCUT2D eigenvalue weighted by Crippen LogP contribution is -2.35. The fourth-order valence-electron chi connectivity index (χ4n) is 4.08. The summed E-state index contributed by atoms with van der Waals surface area (Å²) in [6, 6.07) is 5.95. The van der Waals surface area contributed by atoms with Crippen molar-refractivity contribution in [2.45, 2.75) is 12.6 Å². The fourth-order valence-corrected chi connectivity index (χ4v) is 4.34. The molecule has 3 aromatic heterocycles. The number of rotatable bonds is 3. The van der Waals surface area contributed by atoms with Crippen LogP contribution in [-0.2, 0) is 6.18 Å². The van der Waals surface area contributed by atoms with Gasteiger partial charge in [-0.15, -0.1) is 0 Å². The molecule has 0 unspecified atom stereocenters. The SMILES string of the molecule is O=C(c1nc2c(C(F)(F)F)cc(-c3ccoc3)cn2c1Cl)N1CC=C(c2c(F)cccc2F)CC1. The van der Waals surface area contributed by atoms with Crippen molar-refractivity contribution in [1.29, 1.82) is 0 Å². The molecular formula is C24H15ClF5N3O2. The first-order valence-electron chi connectivity index (χ1n) is 10.4. The van der Waals surface area contributed by atoms with E-state index < -0.39 is 34.9 Å². The predicted molar refractivity (Wildman–Crippen MR) is 118 cm³/mol. The van der Waals surface area contributed by atoms with Crippen LogP contribution in [0.3, 0.4) is 0 Å². The van der Waals surface area contributed by atoms with Crippen molar-refractivity contribution in [1.82, 2.24) is 14.3 Å². The molecule has 0 aliphatic carbocycles. The summed E-state index contributed by atoms with van der Waals surface area (Å²) in [5, 5.41) is -0.282. The average molecular weight is 508 g/mol. The monoisotopic (exact) mass is 507 g/mol. The van der Waals surface area contributed by atoms with Crippen LogP contribution in [0.25, 0.3) is 22.3 Å². The Kier molecular flexibility index (Phi) is 5.63. The third-order valence-corrected chi connectivity index (χ3v) is 6.17. The normalized spacial score (nSPS) is 14.5. The zero-order valence-corrected chi connectivity index (χ0v) is 18.5. The largest absolute Gasteiger partial charge is 0.472 e. The number of aromatic nitrogens is 2. The topological polar surface area (TPSA) is 50.8 Å². The van der Waals surface area contributed by atoms with Crippen LogP contribution >= 0.6 is 11.6 Å². The average Bonchev–Trinajstić information content (AvgIpc) is 3.46. The van der Waals surface area contributed by atoms with Gasteiger partial charge in [-0.05, 0) is 36.3 Å². The Morgan fingerprint density at radius 3 is 2.46 bits per heavy atom. The van der Waals surface area contributed by atoms with E-state index in [2.05, 4.69) is 4.98 Å². The minimum Gasteiger partial charge on any atom is -0.472 e. The van der Waals surface area contributed by atoms with E-state index in [4.69, 9.17) is 16.0 Å². The highest BCUT2D eigenvalue weighted by Crippen LogP contribution is 2.37. The number of imidazole rings is 1. The molecule has 1 aromatic carbocycles. The summed E-state index contributed by atoms with van der Waals surface area (Å²) in [4.78, 5) is 18.4. The number of furan rings is 1. The Labute approximate surface area is 200 Å². The number of carbonyl (C=O) groups is 1. The first kappa shape index (κ1) is 23.1. The molecule has 0 saturated heterocycles. The van der Waals surface area contributed by atoms with Crippen LogP contribution in [0.15, 0.2) is 59.5 Å². The van der Waals surface area contributed by atoms with Crippen molar-refractivity contribution in [3.05, 3.63) is 88.7 Å². The quantitative estimate of drug-likeness (QED) is 0.298. The van der Waals surface area contributed by atoms with E-state index in [0.717, 1.165) is 22.6 Å². The molecule has 4 aromatic rings. The summed E-state index contributed by atoms with van der Waals surface area (Å²) in [6.07, 6.45) is 0.841. The zero-order valence-electron chi connectivity index (χ0n) is 17.7. The van der Waals surface area contributed by atoms with Gasteiger partial charge < -0.3 is 9.32 Å². The summed E-state index contributed by atoms with van der Waals surface area (Å²) in [5.41, 5.74) is -1.12. The maximum absolute atomic E-state index is 14.1. The van der Waals surface area contributed by atoms with Gasteiger partial charge >= 0.3 is 6.18 Å². The van der Waals surface area contributed by atoms with Crippen LogP contribution in [0.5, 0.6) is 0 Å². The second-order valence-corrected chi connectivity index (χ2v) is 8.28. The lowest BCUT2D eigenvalue weighted by molar-refractivity contribution is -0.136. The lowest BCUT2D eigenvalue weighted by atomic mass is 9.98. The van der Waals surface area contributed by atoms with Crippen LogP contribution < -0.4 is 0 Å². The zero-order chi connectivity index (χ0) is 24.9. The number of halogens is 6. The van der Waals surface area contributed by atoms with E-state index in [9.17, 15) is 26.7 Å². The maximum atomic E-state index is 14.1. The van der Waals surface area contributed by atoms with Crippen molar-refractivity contribution < 1.29 is 31.2 Å². The van der Waals surface area contributed by atoms with Gasteiger partial charge in [0, 0.05) is 36.0 Å². The Hall–Kier alpha value is -3.66. The molecule has 0 bridgehead atoms. The Balaban J connectivity index is 1.51. The molecule has 0 saturated carbocycles. The van der Waals surface area contributed by atoms with Gasteiger partial charge in [0.25, 0.3) is 5.91 Å². The summed E-state index contributed by atoms with van der Waals surface area (Å²) in [5.74, 6) is -2.12. The van der Waals surface area contributed by atoms with Gasteiger partial charge in [-0.25, -0.2) is 13.8 Å². The number of carbonyl (C=O) groups excluding carboxylic acids is 1. The lowest BCUT2D eigenvalue weighted by Gasteiger charge is -2.26. The molecule has 1 aliphatic rings. The third kappa shape index (κ3) is 4.07. The number of amides is 1. The predicted octanol–water partition coefficient (Wildman–Crippen LogP) is 6.47. The van der Waals surface area contributed by atoms with Crippen molar-refractivity contribution in [3.63, 3.8) is 0 Å². The highest BCUT2D eigenvalue weighted by Gasteiger charge is 2.36. The second kappa shape index (κ2) is 8.53. The van der Waals surface area contributed by atoms with Crippen LogP contribution in [0.2, 0.25) is 5.15 Å². The highest BCUT2D eigenvalue weighted by atomic mass is 35.5. The summed E-state index contributed by atoms with van der Waals surface area (Å²) >= 11 is 6.34. The molecule has 0 radical (unpaired) electrons. The van der Waals surface area contributed by atoms with E-state index >= 15 is 0 Å². The van der Waals surface area contributed by atoms with E-state index in [1.54, 1.807) is 0 Å². The Morgan fingerprint density at radius 1 is 1.11 bits per heavy atom. The number of hydrogen-bond acceptors (Lipinski definition) is 3. The second-order valence-electron chi connectivity index (χ2n) is 7.92. The van der Waals surface area contributed by atoms with E-state index in [1.807, 2.05) is 0 Å². The summed E-state index contributed by atoms with van der Waals surface area (Å²) in [7, 11) is 0. The van der Waals surface area contributed by atoms with Crippen LogP contribution in [-0.4, -0.2) is 33.3 Å².